The number of benzene rings is 1. The summed E-state index contributed by atoms with van der Waals surface area (Å²) < 4.78 is 0. The van der Waals surface area contributed by atoms with Crippen molar-refractivity contribution in [2.45, 2.75) is 11.3 Å². The zero-order chi connectivity index (χ0) is 15.2. The Kier molecular flexibility index (Phi) is 5.65. The van der Waals surface area contributed by atoms with Crippen molar-refractivity contribution in [2.24, 2.45) is 0 Å². The molecule has 0 unspecified atom stereocenters. The summed E-state index contributed by atoms with van der Waals surface area (Å²) in [6.45, 7) is 2.25. The molecule has 1 aromatic carbocycles. The number of carbonyl (C=O) groups is 1. The van der Waals surface area contributed by atoms with Gasteiger partial charge in [-0.25, -0.2) is 0 Å². The van der Waals surface area contributed by atoms with E-state index in [0.717, 1.165) is 24.4 Å². The van der Waals surface area contributed by atoms with Crippen LogP contribution in [0.2, 0.25) is 0 Å². The normalized spacial score (nSPS) is 15.6. The highest BCUT2D eigenvalue weighted by molar-refractivity contribution is 7.80. The van der Waals surface area contributed by atoms with E-state index in [4.69, 9.17) is 0 Å². The van der Waals surface area contributed by atoms with Crippen molar-refractivity contribution in [1.82, 2.24) is 9.80 Å². The highest BCUT2D eigenvalue weighted by atomic mass is 32.1. The van der Waals surface area contributed by atoms with Crippen molar-refractivity contribution < 1.29 is 4.79 Å². The highest BCUT2D eigenvalue weighted by Gasteiger charge is 2.17. The minimum absolute atomic E-state index is 0.0910. The van der Waals surface area contributed by atoms with Gasteiger partial charge in [0.2, 0.25) is 5.91 Å². The number of likely N-dealkylation sites (N-methyl/N-ethyl adjacent to an activating group) is 1. The van der Waals surface area contributed by atoms with Crippen LogP contribution >= 0.6 is 12.6 Å². The Labute approximate surface area is 132 Å². The minimum Gasteiger partial charge on any atom is -0.335 e. The second-order valence-electron chi connectivity index (χ2n) is 5.49. The van der Waals surface area contributed by atoms with Crippen LogP contribution < -0.4 is 0 Å². The fraction of sp³-hybridized carbons (Fsp3) is 0.353. The molecular weight excluding hydrogens is 280 g/mol. The number of hydrogen-bond acceptors (Lipinski definition) is 3. The van der Waals surface area contributed by atoms with Crippen LogP contribution in [0.4, 0.5) is 0 Å². The molecule has 0 radical (unpaired) electrons. The number of rotatable bonds is 4. The van der Waals surface area contributed by atoms with Crippen LogP contribution in [0.5, 0.6) is 0 Å². The molecule has 1 heterocycles. The van der Waals surface area contributed by atoms with Crippen LogP contribution in [0.25, 0.3) is 5.57 Å². The lowest BCUT2D eigenvalue weighted by Crippen LogP contribution is -2.34. The zero-order valence-corrected chi connectivity index (χ0v) is 13.5. The smallest absolute Gasteiger partial charge is 0.246 e. The first kappa shape index (κ1) is 15.9. The fourth-order valence-electron chi connectivity index (χ4n) is 2.29. The SMILES string of the molecule is CN(C)C/C=C/C(=O)N1CCC=C(c2ccc(S)cc2)C1. The van der Waals surface area contributed by atoms with Gasteiger partial charge in [0.1, 0.15) is 0 Å². The third-order valence-corrected chi connectivity index (χ3v) is 3.73. The van der Waals surface area contributed by atoms with Crippen molar-refractivity contribution in [3.63, 3.8) is 0 Å². The molecule has 0 fully saturated rings. The lowest BCUT2D eigenvalue weighted by Gasteiger charge is -2.26. The van der Waals surface area contributed by atoms with Crippen LogP contribution in [-0.2, 0) is 4.79 Å². The summed E-state index contributed by atoms with van der Waals surface area (Å²) in [5.74, 6) is 0.0910. The third-order valence-electron chi connectivity index (χ3n) is 3.43. The van der Waals surface area contributed by atoms with Crippen LogP contribution in [-0.4, -0.2) is 49.4 Å². The first-order valence-corrected chi connectivity index (χ1v) is 7.59. The Hall–Kier alpha value is -1.52. The molecular formula is C17H22N2OS. The first-order chi connectivity index (χ1) is 10.1. The van der Waals surface area contributed by atoms with Crippen molar-refractivity contribution >= 4 is 24.1 Å². The molecule has 0 bridgehead atoms. The van der Waals surface area contributed by atoms with Crippen molar-refractivity contribution in [2.75, 3.05) is 33.7 Å². The zero-order valence-electron chi connectivity index (χ0n) is 12.6. The van der Waals surface area contributed by atoms with E-state index in [1.54, 1.807) is 6.08 Å². The Bertz CT molecular complexity index is 546. The lowest BCUT2D eigenvalue weighted by molar-refractivity contribution is -0.125. The lowest BCUT2D eigenvalue weighted by atomic mass is 10.0. The second-order valence-corrected chi connectivity index (χ2v) is 6.01. The van der Waals surface area contributed by atoms with E-state index >= 15 is 0 Å². The molecule has 0 aromatic heterocycles. The predicted octanol–water partition coefficient (Wildman–Crippen LogP) is 2.71. The summed E-state index contributed by atoms with van der Waals surface area (Å²) in [5, 5.41) is 0. The first-order valence-electron chi connectivity index (χ1n) is 7.15. The number of hydrogen-bond donors (Lipinski definition) is 1. The van der Waals surface area contributed by atoms with E-state index in [9.17, 15) is 4.79 Å². The third kappa shape index (κ3) is 4.76. The van der Waals surface area contributed by atoms with Gasteiger partial charge in [0.05, 0.1) is 0 Å². The topological polar surface area (TPSA) is 23.6 Å². The van der Waals surface area contributed by atoms with E-state index in [1.165, 1.54) is 11.1 Å². The molecule has 4 heteroatoms. The molecule has 1 aliphatic rings. The van der Waals surface area contributed by atoms with Gasteiger partial charge in [0.25, 0.3) is 0 Å². The summed E-state index contributed by atoms with van der Waals surface area (Å²) in [4.78, 5) is 17.1. The molecule has 0 saturated carbocycles. The summed E-state index contributed by atoms with van der Waals surface area (Å²) >= 11 is 4.30. The number of thiol groups is 1. The van der Waals surface area contributed by atoms with Crippen LogP contribution in [0.15, 0.2) is 47.4 Å². The monoisotopic (exact) mass is 302 g/mol. The highest BCUT2D eigenvalue weighted by Crippen LogP contribution is 2.22. The predicted molar refractivity (Wildman–Crippen MR) is 90.6 cm³/mol. The maximum Gasteiger partial charge on any atom is 0.246 e. The summed E-state index contributed by atoms with van der Waals surface area (Å²) in [5.41, 5.74) is 2.38. The number of amides is 1. The molecule has 112 valence electrons. The van der Waals surface area contributed by atoms with E-state index < -0.39 is 0 Å². The molecule has 0 aliphatic carbocycles. The molecule has 3 nitrogen and oxygen atoms in total. The van der Waals surface area contributed by atoms with Gasteiger partial charge in [0.15, 0.2) is 0 Å². The summed E-state index contributed by atoms with van der Waals surface area (Å²) in [7, 11) is 3.98. The number of carbonyl (C=O) groups excluding carboxylic acids is 1. The Morgan fingerprint density at radius 1 is 1.33 bits per heavy atom. The van der Waals surface area contributed by atoms with Gasteiger partial charge in [-0.3, -0.25) is 4.79 Å². The van der Waals surface area contributed by atoms with Crippen LogP contribution in [0, 0.1) is 0 Å². The van der Waals surface area contributed by atoms with Gasteiger partial charge in [-0.1, -0.05) is 24.3 Å². The summed E-state index contributed by atoms with van der Waals surface area (Å²) in [6, 6.07) is 8.09. The van der Waals surface area contributed by atoms with Gasteiger partial charge in [-0.05, 0) is 43.8 Å². The van der Waals surface area contributed by atoms with Gasteiger partial charge >= 0.3 is 0 Å². The Morgan fingerprint density at radius 3 is 2.71 bits per heavy atom. The molecule has 1 amide bonds. The molecule has 0 N–H and O–H groups in total. The molecule has 1 aromatic rings. The van der Waals surface area contributed by atoms with E-state index in [-0.39, 0.29) is 5.91 Å². The van der Waals surface area contributed by atoms with Gasteiger partial charge in [-0.15, -0.1) is 12.6 Å². The van der Waals surface area contributed by atoms with Crippen LogP contribution in [0.3, 0.4) is 0 Å². The Morgan fingerprint density at radius 2 is 2.05 bits per heavy atom. The molecule has 1 aliphatic heterocycles. The minimum atomic E-state index is 0.0910. The second kappa shape index (κ2) is 7.48. The maximum absolute atomic E-state index is 12.2. The standard InChI is InChI=1S/C17H22N2OS/c1-18(2)11-4-6-17(20)19-12-3-5-15(13-19)14-7-9-16(21)10-8-14/h4-10,21H,3,11-13H2,1-2H3/b6-4+. The molecule has 2 rings (SSSR count). The Balaban J connectivity index is 1.99. The van der Waals surface area contributed by atoms with Crippen molar-refractivity contribution in [3.05, 3.63) is 48.1 Å². The van der Waals surface area contributed by atoms with Gasteiger partial charge in [-0.2, -0.15) is 0 Å². The molecule has 0 saturated heterocycles. The quantitative estimate of drug-likeness (QED) is 0.683. The van der Waals surface area contributed by atoms with Gasteiger partial charge in [0, 0.05) is 30.6 Å². The number of nitrogens with zero attached hydrogens (tertiary/aromatic N) is 2. The summed E-state index contributed by atoms with van der Waals surface area (Å²) in [6.07, 6.45) is 6.72. The maximum atomic E-state index is 12.2. The average molecular weight is 302 g/mol. The van der Waals surface area contributed by atoms with E-state index in [2.05, 4.69) is 30.8 Å². The average Bonchev–Trinajstić information content (AvgIpc) is 2.47. The van der Waals surface area contributed by atoms with Crippen LogP contribution in [0.1, 0.15) is 12.0 Å². The molecule has 0 spiro atoms. The van der Waals surface area contributed by atoms with Gasteiger partial charge < -0.3 is 9.80 Å². The van der Waals surface area contributed by atoms with E-state index in [1.807, 2.05) is 42.1 Å². The molecule has 21 heavy (non-hydrogen) atoms. The van der Waals surface area contributed by atoms with Crippen molar-refractivity contribution in [3.8, 4) is 0 Å². The molecule has 0 atom stereocenters. The van der Waals surface area contributed by atoms with Crippen molar-refractivity contribution in [1.29, 1.82) is 0 Å². The van der Waals surface area contributed by atoms with E-state index in [0.29, 0.717) is 6.54 Å². The largest absolute Gasteiger partial charge is 0.335 e. The fourth-order valence-corrected chi connectivity index (χ4v) is 2.44.